The Hall–Kier alpha value is -2.88. The standard InChI is InChI=1S/C34H48N2O2/c1-2-3-4-5-6-7-8-9-10-11-12-13-14-15-16-19-28-38-30-25-22-29(23-26-30)24-27-33-34(37)36-32-21-18-17-20-31(32)35-33/h17-18,20-27H,2-16,19,28H2,1H3,(H,36,37)/b27-24+. The van der Waals surface area contributed by atoms with Crippen molar-refractivity contribution in [1.82, 2.24) is 9.97 Å². The van der Waals surface area contributed by atoms with Crippen molar-refractivity contribution < 1.29 is 4.74 Å². The number of nitrogens with zero attached hydrogens (tertiary/aromatic N) is 1. The van der Waals surface area contributed by atoms with Crippen LogP contribution in [0.5, 0.6) is 5.75 Å². The lowest BCUT2D eigenvalue weighted by molar-refractivity contribution is 0.304. The van der Waals surface area contributed by atoms with E-state index in [-0.39, 0.29) is 5.56 Å². The second-order valence-corrected chi connectivity index (χ2v) is 10.5. The smallest absolute Gasteiger partial charge is 0.274 e. The van der Waals surface area contributed by atoms with Crippen LogP contribution in [0.4, 0.5) is 0 Å². The van der Waals surface area contributed by atoms with Gasteiger partial charge in [-0.05, 0) is 42.3 Å². The zero-order chi connectivity index (χ0) is 26.7. The number of benzene rings is 2. The maximum Gasteiger partial charge on any atom is 0.274 e. The third-order valence-electron chi connectivity index (χ3n) is 7.21. The summed E-state index contributed by atoms with van der Waals surface area (Å²) < 4.78 is 5.92. The molecule has 0 radical (unpaired) electrons. The summed E-state index contributed by atoms with van der Waals surface area (Å²) in [5.41, 5.74) is 2.77. The van der Waals surface area contributed by atoms with E-state index in [1.165, 1.54) is 96.3 Å². The van der Waals surface area contributed by atoms with Crippen molar-refractivity contribution in [3.63, 3.8) is 0 Å². The summed E-state index contributed by atoms with van der Waals surface area (Å²) in [5.74, 6) is 0.893. The van der Waals surface area contributed by atoms with Crippen LogP contribution in [-0.4, -0.2) is 16.6 Å². The first kappa shape index (κ1) is 29.7. The number of hydrogen-bond donors (Lipinski definition) is 1. The molecule has 0 saturated carbocycles. The molecule has 2 aromatic carbocycles. The molecular weight excluding hydrogens is 468 g/mol. The summed E-state index contributed by atoms with van der Waals surface area (Å²) in [7, 11) is 0. The first-order chi connectivity index (χ1) is 18.8. The van der Waals surface area contributed by atoms with E-state index in [1.807, 2.05) is 54.6 Å². The quantitative estimate of drug-likeness (QED) is 0.152. The summed E-state index contributed by atoms with van der Waals surface area (Å²) in [4.78, 5) is 19.6. The summed E-state index contributed by atoms with van der Waals surface area (Å²) in [6.45, 7) is 3.05. The molecule has 0 aliphatic heterocycles. The minimum Gasteiger partial charge on any atom is -0.494 e. The van der Waals surface area contributed by atoms with Gasteiger partial charge in [-0.15, -0.1) is 0 Å². The predicted octanol–water partition coefficient (Wildman–Crippen LogP) is 9.73. The normalized spacial score (nSPS) is 11.5. The van der Waals surface area contributed by atoms with E-state index in [0.717, 1.165) is 35.4 Å². The van der Waals surface area contributed by atoms with Gasteiger partial charge in [-0.3, -0.25) is 4.79 Å². The van der Waals surface area contributed by atoms with E-state index < -0.39 is 0 Å². The van der Waals surface area contributed by atoms with Gasteiger partial charge in [0, 0.05) is 0 Å². The molecule has 0 aliphatic rings. The highest BCUT2D eigenvalue weighted by atomic mass is 16.5. The van der Waals surface area contributed by atoms with E-state index in [2.05, 4.69) is 16.9 Å². The van der Waals surface area contributed by atoms with Crippen LogP contribution in [0.15, 0.2) is 53.3 Å². The molecule has 3 aromatic rings. The van der Waals surface area contributed by atoms with Gasteiger partial charge >= 0.3 is 0 Å². The van der Waals surface area contributed by atoms with Gasteiger partial charge in [-0.25, -0.2) is 4.98 Å². The van der Waals surface area contributed by atoms with E-state index in [9.17, 15) is 4.79 Å². The molecule has 206 valence electrons. The molecule has 0 bridgehead atoms. The number of rotatable bonds is 20. The topological polar surface area (TPSA) is 55.0 Å². The van der Waals surface area contributed by atoms with Crippen LogP contribution in [0.25, 0.3) is 23.2 Å². The third-order valence-corrected chi connectivity index (χ3v) is 7.21. The Morgan fingerprint density at radius 2 is 1.24 bits per heavy atom. The maximum absolute atomic E-state index is 12.3. The number of aromatic nitrogens is 2. The van der Waals surface area contributed by atoms with Gasteiger partial charge < -0.3 is 9.72 Å². The lowest BCUT2D eigenvalue weighted by Gasteiger charge is -2.07. The number of ether oxygens (including phenoxy) is 1. The lowest BCUT2D eigenvalue weighted by atomic mass is 10.0. The number of fused-ring (bicyclic) bond motifs is 1. The summed E-state index contributed by atoms with van der Waals surface area (Å²) in [6.07, 6.45) is 25.7. The molecule has 3 rings (SSSR count). The van der Waals surface area contributed by atoms with Crippen LogP contribution in [0, 0.1) is 0 Å². The Morgan fingerprint density at radius 1 is 0.684 bits per heavy atom. The number of unbranched alkanes of at least 4 members (excludes halogenated alkanes) is 15. The average Bonchev–Trinajstić information content (AvgIpc) is 2.94. The maximum atomic E-state index is 12.3. The Labute approximate surface area is 229 Å². The van der Waals surface area contributed by atoms with E-state index in [0.29, 0.717) is 5.69 Å². The molecule has 0 spiro atoms. The minimum atomic E-state index is -0.182. The molecular formula is C34H48N2O2. The fraction of sp³-hybridized carbons (Fsp3) is 0.529. The first-order valence-electron chi connectivity index (χ1n) is 15.2. The van der Waals surface area contributed by atoms with Crippen molar-refractivity contribution >= 4 is 23.2 Å². The molecule has 4 nitrogen and oxygen atoms in total. The fourth-order valence-electron chi connectivity index (χ4n) is 4.85. The highest BCUT2D eigenvalue weighted by Gasteiger charge is 2.01. The van der Waals surface area contributed by atoms with Crippen molar-refractivity contribution in [2.75, 3.05) is 6.61 Å². The fourth-order valence-corrected chi connectivity index (χ4v) is 4.85. The highest BCUT2D eigenvalue weighted by molar-refractivity contribution is 5.76. The van der Waals surface area contributed by atoms with Crippen molar-refractivity contribution in [2.24, 2.45) is 0 Å². The Balaban J connectivity index is 1.19. The number of nitrogens with one attached hydrogen (secondary N) is 1. The lowest BCUT2D eigenvalue weighted by Crippen LogP contribution is -2.11. The predicted molar refractivity (Wildman–Crippen MR) is 163 cm³/mol. The van der Waals surface area contributed by atoms with Crippen molar-refractivity contribution in [1.29, 1.82) is 0 Å². The van der Waals surface area contributed by atoms with Crippen LogP contribution in [0.2, 0.25) is 0 Å². The number of H-pyrrole nitrogens is 1. The second-order valence-electron chi connectivity index (χ2n) is 10.5. The van der Waals surface area contributed by atoms with Gasteiger partial charge in [-0.2, -0.15) is 0 Å². The van der Waals surface area contributed by atoms with Crippen LogP contribution in [0.3, 0.4) is 0 Å². The first-order valence-corrected chi connectivity index (χ1v) is 15.2. The summed E-state index contributed by atoms with van der Waals surface area (Å²) in [6, 6.07) is 15.6. The molecule has 0 unspecified atom stereocenters. The molecule has 0 saturated heterocycles. The van der Waals surface area contributed by atoms with Gasteiger partial charge in [0.05, 0.1) is 17.6 Å². The van der Waals surface area contributed by atoms with Gasteiger partial charge in [0.15, 0.2) is 0 Å². The molecule has 0 aliphatic carbocycles. The number of para-hydroxylation sites is 2. The third kappa shape index (κ3) is 11.7. The SMILES string of the molecule is CCCCCCCCCCCCCCCCCCOc1ccc(/C=C/c2nc3ccccc3[nH]c2=O)cc1. The molecule has 38 heavy (non-hydrogen) atoms. The van der Waals surface area contributed by atoms with Crippen LogP contribution >= 0.6 is 0 Å². The monoisotopic (exact) mass is 516 g/mol. The van der Waals surface area contributed by atoms with Gasteiger partial charge in [-0.1, -0.05) is 134 Å². The zero-order valence-corrected chi connectivity index (χ0v) is 23.6. The molecule has 4 heteroatoms. The van der Waals surface area contributed by atoms with Crippen molar-refractivity contribution in [3.8, 4) is 5.75 Å². The van der Waals surface area contributed by atoms with Gasteiger partial charge in [0.1, 0.15) is 11.4 Å². The molecule has 0 atom stereocenters. The van der Waals surface area contributed by atoms with Crippen LogP contribution < -0.4 is 10.3 Å². The molecule has 1 N–H and O–H groups in total. The molecule has 1 aromatic heterocycles. The number of aromatic amines is 1. The van der Waals surface area contributed by atoms with Gasteiger partial charge in [0.2, 0.25) is 0 Å². The largest absolute Gasteiger partial charge is 0.494 e. The second kappa shape index (κ2) is 18.4. The molecule has 1 heterocycles. The van der Waals surface area contributed by atoms with E-state index >= 15 is 0 Å². The Bertz CT molecular complexity index is 1120. The minimum absolute atomic E-state index is 0.182. The zero-order valence-electron chi connectivity index (χ0n) is 23.6. The Morgan fingerprint density at radius 3 is 1.84 bits per heavy atom. The highest BCUT2D eigenvalue weighted by Crippen LogP contribution is 2.16. The van der Waals surface area contributed by atoms with Crippen LogP contribution in [-0.2, 0) is 0 Å². The number of hydrogen-bond acceptors (Lipinski definition) is 3. The average molecular weight is 517 g/mol. The van der Waals surface area contributed by atoms with E-state index in [4.69, 9.17) is 4.74 Å². The van der Waals surface area contributed by atoms with Crippen LogP contribution in [0.1, 0.15) is 121 Å². The van der Waals surface area contributed by atoms with Crippen molar-refractivity contribution in [3.05, 3.63) is 70.1 Å². The molecule has 0 amide bonds. The van der Waals surface area contributed by atoms with Crippen molar-refractivity contribution in [2.45, 2.75) is 110 Å². The summed E-state index contributed by atoms with van der Waals surface area (Å²) >= 11 is 0. The Kier molecular flexibility index (Phi) is 14.4. The van der Waals surface area contributed by atoms with E-state index in [1.54, 1.807) is 6.08 Å². The molecule has 0 fully saturated rings. The van der Waals surface area contributed by atoms with Gasteiger partial charge in [0.25, 0.3) is 5.56 Å². The summed E-state index contributed by atoms with van der Waals surface area (Å²) in [5, 5.41) is 0.